The molecule has 3 heteroatoms. The third kappa shape index (κ3) is 2.64. The van der Waals surface area contributed by atoms with Crippen LogP contribution in [0.1, 0.15) is 10.4 Å². The molecule has 92 valence electrons. The molecule has 2 atom stereocenters. The summed E-state index contributed by atoms with van der Waals surface area (Å²) in [5, 5.41) is 19.8. The third-order valence-electron chi connectivity index (χ3n) is 2.80. The molecule has 1 aromatic rings. The van der Waals surface area contributed by atoms with E-state index in [4.69, 9.17) is 0 Å². The SMILES string of the molecule is O=C(C=CC1(O)C=CC=CC1O)c1ccccc1. The van der Waals surface area contributed by atoms with Crippen LogP contribution < -0.4 is 0 Å². The molecule has 0 fully saturated rings. The number of carbonyl (C=O) groups excluding carboxylic acids is 1. The molecule has 1 aliphatic carbocycles. The lowest BCUT2D eigenvalue weighted by molar-refractivity contribution is 0.0213. The maximum absolute atomic E-state index is 11.8. The van der Waals surface area contributed by atoms with Gasteiger partial charge in [-0.3, -0.25) is 4.79 Å². The zero-order valence-corrected chi connectivity index (χ0v) is 9.73. The monoisotopic (exact) mass is 242 g/mol. The summed E-state index contributed by atoms with van der Waals surface area (Å²) in [5.74, 6) is -0.209. The summed E-state index contributed by atoms with van der Waals surface area (Å²) >= 11 is 0. The molecule has 0 saturated heterocycles. The van der Waals surface area contributed by atoms with Gasteiger partial charge >= 0.3 is 0 Å². The first-order valence-electron chi connectivity index (χ1n) is 5.67. The molecule has 0 radical (unpaired) electrons. The number of aliphatic hydroxyl groups excluding tert-OH is 1. The molecule has 18 heavy (non-hydrogen) atoms. The van der Waals surface area contributed by atoms with E-state index < -0.39 is 11.7 Å². The summed E-state index contributed by atoms with van der Waals surface area (Å²) in [5.41, 5.74) is -0.971. The van der Waals surface area contributed by atoms with Crippen LogP contribution in [0.5, 0.6) is 0 Å². The van der Waals surface area contributed by atoms with Gasteiger partial charge in [-0.25, -0.2) is 0 Å². The molecule has 3 nitrogen and oxygen atoms in total. The van der Waals surface area contributed by atoms with Crippen molar-refractivity contribution in [2.45, 2.75) is 11.7 Å². The Labute approximate surface area is 105 Å². The Morgan fingerprint density at radius 3 is 2.61 bits per heavy atom. The topological polar surface area (TPSA) is 57.5 Å². The smallest absolute Gasteiger partial charge is 0.185 e. The van der Waals surface area contributed by atoms with Crippen molar-refractivity contribution >= 4 is 5.78 Å². The van der Waals surface area contributed by atoms with E-state index in [2.05, 4.69) is 0 Å². The van der Waals surface area contributed by atoms with Gasteiger partial charge < -0.3 is 10.2 Å². The summed E-state index contributed by atoms with van der Waals surface area (Å²) in [4.78, 5) is 11.8. The number of rotatable bonds is 3. The van der Waals surface area contributed by atoms with E-state index in [1.807, 2.05) is 6.07 Å². The molecular formula is C15H14O3. The fourth-order valence-corrected chi connectivity index (χ4v) is 1.69. The van der Waals surface area contributed by atoms with Crippen molar-refractivity contribution in [3.8, 4) is 0 Å². The van der Waals surface area contributed by atoms with Crippen molar-refractivity contribution in [1.29, 1.82) is 0 Å². The molecule has 0 amide bonds. The van der Waals surface area contributed by atoms with Crippen LogP contribution in [0.3, 0.4) is 0 Å². The number of aliphatic hydroxyl groups is 2. The van der Waals surface area contributed by atoms with Crippen LogP contribution in [-0.2, 0) is 0 Å². The lowest BCUT2D eigenvalue weighted by Gasteiger charge is -2.26. The van der Waals surface area contributed by atoms with Crippen LogP contribution in [0.15, 0.2) is 66.8 Å². The first-order chi connectivity index (χ1) is 8.62. The quantitative estimate of drug-likeness (QED) is 0.626. The lowest BCUT2D eigenvalue weighted by Crippen LogP contribution is -2.38. The van der Waals surface area contributed by atoms with E-state index in [1.54, 1.807) is 36.4 Å². The highest BCUT2D eigenvalue weighted by molar-refractivity contribution is 6.04. The van der Waals surface area contributed by atoms with Gasteiger partial charge in [0.2, 0.25) is 0 Å². The lowest BCUT2D eigenvalue weighted by atomic mass is 9.91. The molecule has 0 saturated carbocycles. The van der Waals surface area contributed by atoms with Crippen molar-refractivity contribution in [1.82, 2.24) is 0 Å². The van der Waals surface area contributed by atoms with Crippen molar-refractivity contribution in [2.75, 3.05) is 0 Å². The first kappa shape index (κ1) is 12.5. The Hall–Kier alpha value is -1.97. The molecule has 0 spiro atoms. The van der Waals surface area contributed by atoms with Gasteiger partial charge in [-0.15, -0.1) is 0 Å². The number of hydrogen-bond acceptors (Lipinski definition) is 3. The predicted molar refractivity (Wildman–Crippen MR) is 69.1 cm³/mol. The molecule has 2 N–H and O–H groups in total. The minimum atomic E-state index is -1.51. The number of carbonyl (C=O) groups is 1. The predicted octanol–water partition coefficient (Wildman–Crippen LogP) is 1.64. The minimum Gasteiger partial charge on any atom is -0.385 e. The largest absolute Gasteiger partial charge is 0.385 e. The molecule has 1 aliphatic rings. The average Bonchev–Trinajstić information content (AvgIpc) is 2.41. The van der Waals surface area contributed by atoms with E-state index in [9.17, 15) is 15.0 Å². The van der Waals surface area contributed by atoms with Gasteiger partial charge in [0.05, 0.1) is 0 Å². The van der Waals surface area contributed by atoms with Gasteiger partial charge in [-0.05, 0) is 18.2 Å². The van der Waals surface area contributed by atoms with Gasteiger partial charge in [0.15, 0.2) is 5.78 Å². The van der Waals surface area contributed by atoms with Crippen molar-refractivity contribution in [3.63, 3.8) is 0 Å². The normalized spacial score (nSPS) is 26.7. The highest BCUT2D eigenvalue weighted by atomic mass is 16.3. The Morgan fingerprint density at radius 2 is 1.94 bits per heavy atom. The second kappa shape index (κ2) is 5.12. The van der Waals surface area contributed by atoms with E-state index in [1.165, 1.54) is 24.3 Å². The Bertz CT molecular complexity index is 514. The number of hydrogen-bond donors (Lipinski definition) is 2. The van der Waals surface area contributed by atoms with Gasteiger partial charge in [0, 0.05) is 5.56 Å². The molecule has 0 aliphatic heterocycles. The van der Waals surface area contributed by atoms with Crippen LogP contribution >= 0.6 is 0 Å². The fourth-order valence-electron chi connectivity index (χ4n) is 1.69. The summed E-state index contributed by atoms with van der Waals surface area (Å²) in [6, 6.07) is 8.77. The third-order valence-corrected chi connectivity index (χ3v) is 2.80. The molecule has 2 unspecified atom stereocenters. The van der Waals surface area contributed by atoms with E-state index >= 15 is 0 Å². The fraction of sp³-hybridized carbons (Fsp3) is 0.133. The number of allylic oxidation sites excluding steroid dienone is 3. The summed E-state index contributed by atoms with van der Waals surface area (Å²) in [6.45, 7) is 0. The molecule has 2 rings (SSSR count). The number of benzene rings is 1. The average molecular weight is 242 g/mol. The van der Waals surface area contributed by atoms with Crippen LogP contribution in [0, 0.1) is 0 Å². The number of ketones is 1. The van der Waals surface area contributed by atoms with E-state index in [-0.39, 0.29) is 5.78 Å². The standard InChI is InChI=1S/C15H14O3/c16-13(12-6-2-1-3-7-12)9-11-15(18)10-5-4-8-14(15)17/h1-11,14,17-18H. The van der Waals surface area contributed by atoms with Gasteiger partial charge in [-0.2, -0.15) is 0 Å². The van der Waals surface area contributed by atoms with Gasteiger partial charge in [-0.1, -0.05) is 48.6 Å². The first-order valence-corrected chi connectivity index (χ1v) is 5.67. The van der Waals surface area contributed by atoms with Crippen molar-refractivity contribution in [2.24, 2.45) is 0 Å². The van der Waals surface area contributed by atoms with Crippen molar-refractivity contribution < 1.29 is 15.0 Å². The van der Waals surface area contributed by atoms with Crippen LogP contribution in [0.4, 0.5) is 0 Å². The van der Waals surface area contributed by atoms with Crippen LogP contribution in [-0.4, -0.2) is 27.7 Å². The molecule has 0 bridgehead atoms. The Balaban J connectivity index is 2.14. The maximum Gasteiger partial charge on any atom is 0.185 e. The highest BCUT2D eigenvalue weighted by Gasteiger charge is 2.29. The Morgan fingerprint density at radius 1 is 1.22 bits per heavy atom. The summed E-state index contributed by atoms with van der Waals surface area (Å²) in [6.07, 6.45) is 7.75. The van der Waals surface area contributed by atoms with Crippen LogP contribution in [0.25, 0.3) is 0 Å². The molecule has 0 aromatic heterocycles. The molecule has 0 heterocycles. The van der Waals surface area contributed by atoms with Gasteiger partial charge in [0.25, 0.3) is 0 Å². The van der Waals surface area contributed by atoms with Gasteiger partial charge in [0.1, 0.15) is 11.7 Å². The zero-order valence-electron chi connectivity index (χ0n) is 9.73. The second-order valence-electron chi connectivity index (χ2n) is 4.14. The minimum absolute atomic E-state index is 0.209. The molecule has 1 aromatic carbocycles. The van der Waals surface area contributed by atoms with E-state index in [0.717, 1.165) is 0 Å². The summed E-state index contributed by atoms with van der Waals surface area (Å²) in [7, 11) is 0. The molecular weight excluding hydrogens is 228 g/mol. The van der Waals surface area contributed by atoms with Crippen LogP contribution in [0.2, 0.25) is 0 Å². The second-order valence-corrected chi connectivity index (χ2v) is 4.14. The summed E-state index contributed by atoms with van der Waals surface area (Å²) < 4.78 is 0. The van der Waals surface area contributed by atoms with Crippen molar-refractivity contribution in [3.05, 3.63) is 72.4 Å². The maximum atomic E-state index is 11.8. The zero-order chi connectivity index (χ0) is 13.0. The Kier molecular flexibility index (Phi) is 3.55. The van der Waals surface area contributed by atoms with E-state index in [0.29, 0.717) is 5.56 Å². The highest BCUT2D eigenvalue weighted by Crippen LogP contribution is 2.20.